The Balaban J connectivity index is 2.05. The van der Waals surface area contributed by atoms with Crippen molar-refractivity contribution >= 4 is 23.2 Å². The number of methoxy groups -OCH3 is 1. The van der Waals surface area contributed by atoms with Crippen molar-refractivity contribution in [3.8, 4) is 5.75 Å². The summed E-state index contributed by atoms with van der Waals surface area (Å²) in [5.74, 6) is 0.297. The number of carbonyl (C=O) groups excluding carboxylic acids is 1. The first kappa shape index (κ1) is 17.3. The maximum Gasteiger partial charge on any atom is 0.265 e. The van der Waals surface area contributed by atoms with Crippen LogP contribution in [0.2, 0.25) is 5.02 Å². The summed E-state index contributed by atoms with van der Waals surface area (Å²) in [6.07, 6.45) is -0.0737. The van der Waals surface area contributed by atoms with Gasteiger partial charge in [0.25, 0.3) is 5.91 Å². The first-order chi connectivity index (χ1) is 11.1. The van der Waals surface area contributed by atoms with Crippen LogP contribution in [0.15, 0.2) is 48.5 Å². The molecule has 0 spiro atoms. The maximum absolute atomic E-state index is 12.4. The number of hydrogen-bond acceptors (Lipinski definition) is 3. The molecule has 0 saturated carbocycles. The van der Waals surface area contributed by atoms with Crippen LogP contribution in [0.1, 0.15) is 18.9 Å². The number of hydrogen-bond donors (Lipinski definition) is 1. The fraction of sp³-hybridized carbons (Fsp3) is 0.278. The van der Waals surface area contributed by atoms with Crippen molar-refractivity contribution in [2.75, 3.05) is 12.4 Å². The number of benzene rings is 2. The molecule has 1 N–H and O–H groups in total. The van der Waals surface area contributed by atoms with Gasteiger partial charge in [-0.1, -0.05) is 42.8 Å². The molecule has 2 rings (SSSR count). The molecule has 0 saturated heterocycles. The summed E-state index contributed by atoms with van der Waals surface area (Å²) < 4.78 is 10.8. The van der Waals surface area contributed by atoms with Crippen molar-refractivity contribution in [2.24, 2.45) is 0 Å². The minimum atomic E-state index is -0.610. The van der Waals surface area contributed by atoms with Crippen LogP contribution in [-0.2, 0) is 16.1 Å². The first-order valence-corrected chi connectivity index (χ1v) is 7.81. The summed E-state index contributed by atoms with van der Waals surface area (Å²) in [6.45, 7) is 2.39. The Morgan fingerprint density at radius 3 is 2.70 bits per heavy atom. The lowest BCUT2D eigenvalue weighted by Gasteiger charge is -2.18. The molecule has 1 amide bonds. The molecule has 122 valence electrons. The second-order valence-electron chi connectivity index (χ2n) is 5.07. The molecule has 0 aliphatic rings. The lowest BCUT2D eigenvalue weighted by Crippen LogP contribution is -2.32. The highest BCUT2D eigenvalue weighted by molar-refractivity contribution is 6.32. The number of para-hydroxylation sites is 1. The van der Waals surface area contributed by atoms with Crippen LogP contribution in [0.4, 0.5) is 5.69 Å². The van der Waals surface area contributed by atoms with Gasteiger partial charge in [-0.15, -0.1) is 0 Å². The summed E-state index contributed by atoms with van der Waals surface area (Å²) in [6, 6.07) is 14.6. The predicted octanol–water partition coefficient (Wildman–Crippen LogP) is 4.28. The monoisotopic (exact) mass is 333 g/mol. The van der Waals surface area contributed by atoms with Crippen molar-refractivity contribution in [2.45, 2.75) is 26.1 Å². The van der Waals surface area contributed by atoms with Crippen molar-refractivity contribution < 1.29 is 14.3 Å². The quantitative estimate of drug-likeness (QED) is 0.822. The van der Waals surface area contributed by atoms with E-state index in [1.165, 1.54) is 0 Å². The molecule has 2 aromatic rings. The molecule has 4 nitrogen and oxygen atoms in total. The lowest BCUT2D eigenvalue weighted by atomic mass is 10.2. The van der Waals surface area contributed by atoms with Gasteiger partial charge >= 0.3 is 0 Å². The van der Waals surface area contributed by atoms with Gasteiger partial charge in [0.05, 0.1) is 11.6 Å². The zero-order valence-electron chi connectivity index (χ0n) is 13.2. The molecular formula is C18H20ClNO3. The van der Waals surface area contributed by atoms with Gasteiger partial charge < -0.3 is 14.8 Å². The number of rotatable bonds is 7. The third kappa shape index (κ3) is 4.98. The Bertz CT molecular complexity index is 660. The smallest absolute Gasteiger partial charge is 0.265 e. The Morgan fingerprint density at radius 1 is 1.22 bits per heavy atom. The highest BCUT2D eigenvalue weighted by Crippen LogP contribution is 2.25. The molecule has 1 unspecified atom stereocenters. The topological polar surface area (TPSA) is 47.6 Å². The second kappa shape index (κ2) is 8.56. The number of anilines is 1. The van der Waals surface area contributed by atoms with Gasteiger partial charge in [0.1, 0.15) is 5.75 Å². The summed E-state index contributed by atoms with van der Waals surface area (Å²) >= 11 is 6.08. The van der Waals surface area contributed by atoms with Gasteiger partial charge in [-0.25, -0.2) is 0 Å². The van der Waals surface area contributed by atoms with E-state index >= 15 is 0 Å². The average molecular weight is 334 g/mol. The maximum atomic E-state index is 12.4. The van der Waals surface area contributed by atoms with Crippen LogP contribution in [0, 0.1) is 0 Å². The molecule has 2 aromatic carbocycles. The van der Waals surface area contributed by atoms with Crippen LogP contribution in [0.5, 0.6) is 5.75 Å². The highest BCUT2D eigenvalue weighted by atomic mass is 35.5. The van der Waals surface area contributed by atoms with Gasteiger partial charge in [0, 0.05) is 12.8 Å². The first-order valence-electron chi connectivity index (χ1n) is 7.44. The molecule has 0 bridgehead atoms. The molecule has 1 atom stereocenters. The fourth-order valence-corrected chi connectivity index (χ4v) is 2.32. The van der Waals surface area contributed by atoms with E-state index in [1.54, 1.807) is 19.2 Å². The fourth-order valence-electron chi connectivity index (χ4n) is 2.14. The van der Waals surface area contributed by atoms with Crippen molar-refractivity contribution in [1.82, 2.24) is 0 Å². The van der Waals surface area contributed by atoms with E-state index in [0.29, 0.717) is 29.5 Å². The van der Waals surface area contributed by atoms with Crippen molar-refractivity contribution in [3.63, 3.8) is 0 Å². The number of amides is 1. The van der Waals surface area contributed by atoms with E-state index < -0.39 is 6.10 Å². The average Bonchev–Trinajstić information content (AvgIpc) is 2.54. The molecule has 0 radical (unpaired) electrons. The third-order valence-electron chi connectivity index (χ3n) is 3.27. The highest BCUT2D eigenvalue weighted by Gasteiger charge is 2.19. The zero-order valence-corrected chi connectivity index (χ0v) is 14.0. The minimum Gasteiger partial charge on any atom is -0.479 e. The van der Waals surface area contributed by atoms with Crippen LogP contribution < -0.4 is 10.1 Å². The number of carbonyl (C=O) groups is 1. The zero-order chi connectivity index (χ0) is 16.7. The molecule has 23 heavy (non-hydrogen) atoms. The summed E-state index contributed by atoms with van der Waals surface area (Å²) in [7, 11) is 1.63. The van der Waals surface area contributed by atoms with Crippen LogP contribution in [0.25, 0.3) is 0 Å². The SMILES string of the molecule is CCC(Oc1ccccc1Cl)C(=O)Nc1cccc(COC)c1. The molecular weight excluding hydrogens is 314 g/mol. The van der Waals surface area contributed by atoms with E-state index in [2.05, 4.69) is 5.32 Å². The molecule has 0 fully saturated rings. The Labute approximate surface area is 141 Å². The Hall–Kier alpha value is -2.04. The molecule has 0 aliphatic heterocycles. The van der Waals surface area contributed by atoms with Gasteiger partial charge in [0.15, 0.2) is 6.10 Å². The van der Waals surface area contributed by atoms with Crippen LogP contribution >= 0.6 is 11.6 Å². The van der Waals surface area contributed by atoms with Crippen molar-refractivity contribution in [3.05, 3.63) is 59.1 Å². The third-order valence-corrected chi connectivity index (χ3v) is 3.59. The van der Waals surface area contributed by atoms with E-state index in [0.717, 1.165) is 5.56 Å². The predicted molar refractivity (Wildman–Crippen MR) is 91.9 cm³/mol. The minimum absolute atomic E-state index is 0.206. The molecule has 0 heterocycles. The summed E-state index contributed by atoms with van der Waals surface area (Å²) in [4.78, 5) is 12.4. The van der Waals surface area contributed by atoms with Gasteiger partial charge in [0.2, 0.25) is 0 Å². The normalized spacial score (nSPS) is 11.8. The van der Waals surface area contributed by atoms with Crippen LogP contribution in [0.3, 0.4) is 0 Å². The lowest BCUT2D eigenvalue weighted by molar-refractivity contribution is -0.122. The standard InChI is InChI=1S/C18H20ClNO3/c1-3-16(23-17-10-5-4-9-15(17)19)18(21)20-14-8-6-7-13(11-14)12-22-2/h4-11,16H,3,12H2,1-2H3,(H,20,21). The molecule has 0 aromatic heterocycles. The van der Waals surface area contributed by atoms with Crippen molar-refractivity contribution in [1.29, 1.82) is 0 Å². The largest absolute Gasteiger partial charge is 0.479 e. The van der Waals surface area contributed by atoms with Gasteiger partial charge in [-0.05, 0) is 36.2 Å². The Kier molecular flexibility index (Phi) is 6.44. The molecule has 0 aliphatic carbocycles. The number of halogens is 1. The molecule has 5 heteroatoms. The van der Waals surface area contributed by atoms with Crippen LogP contribution in [-0.4, -0.2) is 19.1 Å². The van der Waals surface area contributed by atoms with E-state index in [1.807, 2.05) is 43.3 Å². The summed E-state index contributed by atoms with van der Waals surface area (Å²) in [5, 5.41) is 3.36. The Morgan fingerprint density at radius 2 is 2.00 bits per heavy atom. The van der Waals surface area contributed by atoms with E-state index in [9.17, 15) is 4.79 Å². The van der Waals surface area contributed by atoms with Gasteiger partial charge in [-0.2, -0.15) is 0 Å². The van der Waals surface area contributed by atoms with Gasteiger partial charge in [-0.3, -0.25) is 4.79 Å². The second-order valence-corrected chi connectivity index (χ2v) is 5.48. The van der Waals surface area contributed by atoms with E-state index in [4.69, 9.17) is 21.1 Å². The number of ether oxygens (including phenoxy) is 2. The number of nitrogens with one attached hydrogen (secondary N) is 1. The van der Waals surface area contributed by atoms with E-state index in [-0.39, 0.29) is 5.91 Å². The summed E-state index contributed by atoms with van der Waals surface area (Å²) in [5.41, 5.74) is 1.70.